The van der Waals surface area contributed by atoms with Crippen molar-refractivity contribution in [3.63, 3.8) is 0 Å². The van der Waals surface area contributed by atoms with Crippen LogP contribution in [0.25, 0.3) is 94.8 Å². The van der Waals surface area contributed by atoms with Gasteiger partial charge in [-0.25, -0.2) is 9.97 Å². The van der Waals surface area contributed by atoms with Gasteiger partial charge >= 0.3 is 0 Å². The number of nitrogens with zero attached hydrogens (tertiary/aromatic N) is 3. The smallest absolute Gasteiger partial charge is 0.172 e. The summed E-state index contributed by atoms with van der Waals surface area (Å²) < 4.78 is 18.2. The van der Waals surface area contributed by atoms with Crippen molar-refractivity contribution in [3.8, 4) is 73.0 Å². The summed E-state index contributed by atoms with van der Waals surface area (Å²) in [6, 6.07) is 79.8. The molecule has 1 atom stereocenters. The molecule has 12 rings (SSSR count). The summed E-state index contributed by atoms with van der Waals surface area (Å²) in [6.07, 6.45) is 0. The first-order chi connectivity index (χ1) is 31.1. The predicted octanol–water partition coefficient (Wildman–Crippen LogP) is 13.5. The molecule has 11 aromatic rings. The van der Waals surface area contributed by atoms with Crippen molar-refractivity contribution in [2.24, 2.45) is 0 Å². The summed E-state index contributed by atoms with van der Waals surface area (Å²) in [5.74, 6) is 0.648. The number of para-hydroxylation sites is 1. The average Bonchev–Trinajstić information content (AvgIpc) is 3.84. The molecule has 9 aromatic carbocycles. The van der Waals surface area contributed by atoms with E-state index in [9.17, 15) is 0 Å². The van der Waals surface area contributed by atoms with Gasteiger partial charge < -0.3 is 9.13 Å². The molecular formula is C58H38N3OP. The van der Waals surface area contributed by atoms with Crippen molar-refractivity contribution < 1.29 is 4.57 Å². The molecule has 4 nitrogen and oxygen atoms in total. The Balaban J connectivity index is 0.985. The van der Waals surface area contributed by atoms with Crippen molar-refractivity contribution in [3.05, 3.63) is 231 Å². The van der Waals surface area contributed by atoms with Gasteiger partial charge in [0.05, 0.1) is 22.4 Å². The maximum absolute atomic E-state index is 15.9. The molecule has 0 bridgehead atoms. The van der Waals surface area contributed by atoms with E-state index in [4.69, 9.17) is 9.97 Å². The van der Waals surface area contributed by atoms with E-state index < -0.39 is 7.14 Å². The van der Waals surface area contributed by atoms with E-state index in [1.165, 1.54) is 11.1 Å². The lowest BCUT2D eigenvalue weighted by Crippen LogP contribution is -2.21. The highest BCUT2D eigenvalue weighted by molar-refractivity contribution is 7.86. The SMILES string of the molecule is O=P1(c2ccccc2)c2ccccc2-c2ccc3c(c21)c1ccccc1n3-c1ccc(-c2nc(-c3ccc(-c4ccccc4)cc3)cc(-c3ccc(-c4ccccc4)cc3)n2)cc1. The number of fused-ring (bicyclic) bond motifs is 7. The highest BCUT2D eigenvalue weighted by Gasteiger charge is 2.42. The molecule has 0 N–H and O–H groups in total. The van der Waals surface area contributed by atoms with E-state index in [0.29, 0.717) is 5.82 Å². The highest BCUT2D eigenvalue weighted by atomic mass is 31.2. The molecule has 2 aromatic heterocycles. The first kappa shape index (κ1) is 36.9. The minimum absolute atomic E-state index is 0.648. The third-order valence-electron chi connectivity index (χ3n) is 12.5. The molecule has 63 heavy (non-hydrogen) atoms. The van der Waals surface area contributed by atoms with E-state index in [-0.39, 0.29) is 0 Å². The van der Waals surface area contributed by atoms with Crippen LogP contribution >= 0.6 is 7.14 Å². The molecular weight excluding hydrogens is 786 g/mol. The quantitative estimate of drug-likeness (QED) is 0.150. The zero-order chi connectivity index (χ0) is 41.9. The molecule has 0 saturated carbocycles. The van der Waals surface area contributed by atoms with Crippen LogP contribution in [0, 0.1) is 0 Å². The van der Waals surface area contributed by atoms with Gasteiger partial charge in [-0.2, -0.15) is 0 Å². The van der Waals surface area contributed by atoms with E-state index in [2.05, 4.69) is 180 Å². The van der Waals surface area contributed by atoms with Crippen molar-refractivity contribution in [1.29, 1.82) is 0 Å². The van der Waals surface area contributed by atoms with Gasteiger partial charge in [0.2, 0.25) is 0 Å². The average molecular weight is 824 g/mol. The fraction of sp³-hybridized carbons (Fsp3) is 0. The van der Waals surface area contributed by atoms with E-state index in [0.717, 1.165) is 93.7 Å². The Morgan fingerprint density at radius 3 is 1.49 bits per heavy atom. The van der Waals surface area contributed by atoms with Crippen LogP contribution in [0.3, 0.4) is 0 Å². The number of rotatable bonds is 7. The zero-order valence-electron chi connectivity index (χ0n) is 34.1. The second-order valence-corrected chi connectivity index (χ2v) is 18.7. The van der Waals surface area contributed by atoms with Gasteiger partial charge in [-0.05, 0) is 75.8 Å². The van der Waals surface area contributed by atoms with Crippen molar-refractivity contribution in [2.45, 2.75) is 0 Å². The van der Waals surface area contributed by atoms with Crippen molar-refractivity contribution in [2.75, 3.05) is 0 Å². The molecule has 0 amide bonds. The Hall–Kier alpha value is -7.91. The molecule has 1 unspecified atom stereocenters. The second-order valence-electron chi connectivity index (χ2n) is 16.1. The second kappa shape index (κ2) is 14.9. The van der Waals surface area contributed by atoms with Crippen LogP contribution in [0.1, 0.15) is 0 Å². The summed E-state index contributed by atoms with van der Waals surface area (Å²) in [5.41, 5.74) is 14.5. The third kappa shape index (κ3) is 6.10. The van der Waals surface area contributed by atoms with Crippen LogP contribution in [0.15, 0.2) is 231 Å². The first-order valence-corrected chi connectivity index (χ1v) is 23.0. The number of hydrogen-bond acceptors (Lipinski definition) is 3. The minimum Gasteiger partial charge on any atom is -0.309 e. The van der Waals surface area contributed by atoms with Crippen LogP contribution in [-0.2, 0) is 4.57 Å². The Bertz CT molecular complexity index is 3450. The van der Waals surface area contributed by atoms with Gasteiger partial charge in [0.15, 0.2) is 13.0 Å². The summed E-state index contributed by atoms with van der Waals surface area (Å²) in [7, 11) is -3.21. The first-order valence-electron chi connectivity index (χ1n) is 21.3. The van der Waals surface area contributed by atoms with Gasteiger partial charge in [-0.3, -0.25) is 0 Å². The Morgan fingerprint density at radius 1 is 0.381 bits per heavy atom. The molecule has 0 spiro atoms. The third-order valence-corrected chi connectivity index (χ3v) is 15.7. The molecule has 296 valence electrons. The van der Waals surface area contributed by atoms with Gasteiger partial charge in [0, 0.05) is 49.1 Å². The lowest BCUT2D eigenvalue weighted by Gasteiger charge is -2.17. The normalized spacial score (nSPS) is 14.2. The number of aromatic nitrogens is 3. The topological polar surface area (TPSA) is 47.8 Å². The van der Waals surface area contributed by atoms with E-state index >= 15 is 4.57 Å². The summed E-state index contributed by atoms with van der Waals surface area (Å²) >= 11 is 0. The van der Waals surface area contributed by atoms with Gasteiger partial charge in [0.25, 0.3) is 0 Å². The lowest BCUT2D eigenvalue weighted by molar-refractivity contribution is 0.593. The summed E-state index contributed by atoms with van der Waals surface area (Å²) in [6.45, 7) is 0. The lowest BCUT2D eigenvalue weighted by atomic mass is 10.0. The largest absolute Gasteiger partial charge is 0.309 e. The fourth-order valence-electron chi connectivity index (χ4n) is 9.43. The molecule has 5 heteroatoms. The highest BCUT2D eigenvalue weighted by Crippen LogP contribution is 2.55. The van der Waals surface area contributed by atoms with Crippen LogP contribution in [-0.4, -0.2) is 14.5 Å². The molecule has 0 saturated heterocycles. The fourth-order valence-corrected chi connectivity index (χ4v) is 12.7. The molecule has 3 heterocycles. The van der Waals surface area contributed by atoms with Crippen LogP contribution < -0.4 is 15.9 Å². The number of hydrogen-bond donors (Lipinski definition) is 0. The van der Waals surface area contributed by atoms with Crippen LogP contribution in [0.4, 0.5) is 0 Å². The molecule has 0 fully saturated rings. The van der Waals surface area contributed by atoms with Gasteiger partial charge in [-0.15, -0.1) is 0 Å². The summed E-state index contributed by atoms with van der Waals surface area (Å²) in [4.78, 5) is 10.4. The summed E-state index contributed by atoms with van der Waals surface area (Å²) in [5, 5.41) is 4.79. The Kier molecular flexibility index (Phi) is 8.74. The van der Waals surface area contributed by atoms with E-state index in [1.807, 2.05) is 54.6 Å². The van der Waals surface area contributed by atoms with Crippen LogP contribution in [0.2, 0.25) is 0 Å². The standard InChI is InChI=1S/C58H38N3OP/c62-63(47-18-8-3-9-19-47)55-23-13-11-20-48(55)49-36-37-54-56(57(49)63)50-21-10-12-22-53(50)61(54)46-34-32-45(33-35-46)58-59-51(43-28-24-41(25-29-43)39-14-4-1-5-15-39)38-52(60-58)44-30-26-42(27-31-44)40-16-6-2-7-17-40/h1-38H. The maximum atomic E-state index is 15.9. The number of benzene rings is 9. The minimum atomic E-state index is -3.21. The maximum Gasteiger partial charge on any atom is 0.172 e. The Labute approximate surface area is 365 Å². The molecule has 1 aliphatic rings. The Morgan fingerprint density at radius 2 is 0.873 bits per heavy atom. The van der Waals surface area contributed by atoms with E-state index in [1.54, 1.807) is 0 Å². The molecule has 0 aliphatic carbocycles. The monoisotopic (exact) mass is 823 g/mol. The molecule has 0 radical (unpaired) electrons. The van der Waals surface area contributed by atoms with Gasteiger partial charge in [0.1, 0.15) is 0 Å². The van der Waals surface area contributed by atoms with Crippen molar-refractivity contribution in [1.82, 2.24) is 14.5 Å². The van der Waals surface area contributed by atoms with Crippen LogP contribution in [0.5, 0.6) is 0 Å². The molecule has 1 aliphatic heterocycles. The van der Waals surface area contributed by atoms with Gasteiger partial charge in [-0.1, -0.05) is 188 Å². The predicted molar refractivity (Wildman–Crippen MR) is 262 cm³/mol. The van der Waals surface area contributed by atoms with Crippen molar-refractivity contribution >= 4 is 44.9 Å². The zero-order valence-corrected chi connectivity index (χ0v) is 35.0.